The highest BCUT2D eigenvalue weighted by molar-refractivity contribution is 5.68. The predicted molar refractivity (Wildman–Crippen MR) is 82.9 cm³/mol. The molecule has 3 unspecified atom stereocenters. The predicted octanol–water partition coefficient (Wildman–Crippen LogP) is 3.10. The molecule has 120 valence electrons. The Bertz CT molecular complexity index is 371. The Kier molecular flexibility index (Phi) is 6.97. The van der Waals surface area contributed by atoms with Gasteiger partial charge in [0, 0.05) is 18.1 Å². The lowest BCUT2D eigenvalue weighted by molar-refractivity contribution is 0.0488. The van der Waals surface area contributed by atoms with Crippen molar-refractivity contribution in [3.05, 3.63) is 0 Å². The van der Waals surface area contributed by atoms with Crippen molar-refractivity contribution in [2.24, 2.45) is 0 Å². The van der Waals surface area contributed by atoms with Crippen LogP contribution < -0.4 is 10.6 Å². The van der Waals surface area contributed by atoms with Gasteiger partial charge >= 0.3 is 6.09 Å². The quantitative estimate of drug-likeness (QED) is 0.817. The molecule has 0 aromatic heterocycles. The summed E-state index contributed by atoms with van der Waals surface area (Å²) in [5.74, 6) is 0. The third-order valence-electron chi connectivity index (χ3n) is 3.70. The van der Waals surface area contributed by atoms with E-state index in [1.807, 2.05) is 20.8 Å². The van der Waals surface area contributed by atoms with Crippen molar-refractivity contribution < 1.29 is 9.53 Å². The van der Waals surface area contributed by atoms with Gasteiger partial charge in [0.05, 0.1) is 12.5 Å². The maximum absolute atomic E-state index is 11.8. The Hall–Kier alpha value is -1.28. The van der Waals surface area contributed by atoms with E-state index in [0.29, 0.717) is 12.5 Å². The number of alkyl carbamates (subject to hydrolysis) is 1. The van der Waals surface area contributed by atoms with E-state index in [9.17, 15) is 4.79 Å². The van der Waals surface area contributed by atoms with Crippen molar-refractivity contribution in [1.82, 2.24) is 10.6 Å². The van der Waals surface area contributed by atoms with Crippen LogP contribution in [0.1, 0.15) is 66.2 Å². The van der Waals surface area contributed by atoms with Crippen LogP contribution in [0.25, 0.3) is 0 Å². The molecule has 1 saturated carbocycles. The topological polar surface area (TPSA) is 74.2 Å². The maximum Gasteiger partial charge on any atom is 0.407 e. The molecule has 1 rings (SSSR count). The van der Waals surface area contributed by atoms with Crippen LogP contribution in [0.5, 0.6) is 0 Å². The van der Waals surface area contributed by atoms with Gasteiger partial charge in [0.15, 0.2) is 0 Å². The Morgan fingerprint density at radius 2 is 2.05 bits per heavy atom. The molecule has 2 N–H and O–H groups in total. The first-order chi connectivity index (χ1) is 9.84. The first-order valence-corrected chi connectivity index (χ1v) is 7.96. The van der Waals surface area contributed by atoms with Gasteiger partial charge in [-0.3, -0.25) is 0 Å². The van der Waals surface area contributed by atoms with Crippen LogP contribution in [0.4, 0.5) is 4.79 Å². The molecule has 0 spiro atoms. The summed E-state index contributed by atoms with van der Waals surface area (Å²) in [6, 6.07) is 3.01. The summed E-state index contributed by atoms with van der Waals surface area (Å²) in [7, 11) is 0. The summed E-state index contributed by atoms with van der Waals surface area (Å²) in [6.45, 7) is 7.69. The number of carbonyl (C=O) groups is 1. The molecular weight excluding hydrogens is 266 g/mol. The van der Waals surface area contributed by atoms with Gasteiger partial charge in [0.1, 0.15) is 5.60 Å². The highest BCUT2D eigenvalue weighted by atomic mass is 16.6. The second kappa shape index (κ2) is 8.23. The van der Waals surface area contributed by atoms with Crippen molar-refractivity contribution >= 4 is 6.09 Å². The highest BCUT2D eigenvalue weighted by Gasteiger charge is 2.26. The molecule has 5 heteroatoms. The molecule has 1 aliphatic carbocycles. The van der Waals surface area contributed by atoms with E-state index in [0.717, 1.165) is 32.1 Å². The minimum absolute atomic E-state index is 0.158. The standard InChI is InChI=1S/C16H29N3O2/c1-5-12(9-10-17)18-13-7-6-8-14(11-13)19-15(20)21-16(2,3)4/h12-14,18H,5-9,11H2,1-4H3,(H,19,20). The average Bonchev–Trinajstić information content (AvgIpc) is 2.36. The zero-order valence-electron chi connectivity index (χ0n) is 13.7. The minimum atomic E-state index is -0.462. The van der Waals surface area contributed by atoms with Gasteiger partial charge in [-0.25, -0.2) is 4.79 Å². The Morgan fingerprint density at radius 3 is 2.62 bits per heavy atom. The molecule has 0 aliphatic heterocycles. The zero-order valence-corrected chi connectivity index (χ0v) is 13.7. The van der Waals surface area contributed by atoms with Gasteiger partial charge in [0.2, 0.25) is 0 Å². The molecule has 0 aromatic rings. The Balaban J connectivity index is 2.41. The van der Waals surface area contributed by atoms with Crippen molar-refractivity contribution in [3.63, 3.8) is 0 Å². The molecule has 1 aliphatic rings. The van der Waals surface area contributed by atoms with Crippen LogP contribution in [-0.2, 0) is 4.74 Å². The van der Waals surface area contributed by atoms with Crippen LogP contribution in [0.2, 0.25) is 0 Å². The van der Waals surface area contributed by atoms with Crippen molar-refractivity contribution in [3.8, 4) is 6.07 Å². The van der Waals surface area contributed by atoms with E-state index in [-0.39, 0.29) is 18.2 Å². The number of ether oxygens (including phenoxy) is 1. The van der Waals surface area contributed by atoms with Crippen LogP contribution >= 0.6 is 0 Å². The molecule has 1 amide bonds. The molecule has 0 saturated heterocycles. The Morgan fingerprint density at radius 1 is 1.38 bits per heavy atom. The lowest BCUT2D eigenvalue weighted by Gasteiger charge is -2.33. The van der Waals surface area contributed by atoms with Gasteiger partial charge in [-0.05, 0) is 52.9 Å². The highest BCUT2D eigenvalue weighted by Crippen LogP contribution is 2.20. The summed E-state index contributed by atoms with van der Waals surface area (Å²) < 4.78 is 5.30. The summed E-state index contributed by atoms with van der Waals surface area (Å²) in [5, 5.41) is 15.3. The first-order valence-electron chi connectivity index (χ1n) is 7.96. The van der Waals surface area contributed by atoms with Gasteiger partial charge in [-0.1, -0.05) is 6.92 Å². The largest absolute Gasteiger partial charge is 0.444 e. The summed E-state index contributed by atoms with van der Waals surface area (Å²) in [4.78, 5) is 11.8. The molecule has 21 heavy (non-hydrogen) atoms. The zero-order chi connectivity index (χ0) is 15.9. The summed E-state index contributed by atoms with van der Waals surface area (Å²) in [6.07, 6.45) is 5.24. The summed E-state index contributed by atoms with van der Waals surface area (Å²) >= 11 is 0. The van der Waals surface area contributed by atoms with Crippen LogP contribution in [-0.4, -0.2) is 29.8 Å². The molecule has 3 atom stereocenters. The molecule has 0 heterocycles. The van der Waals surface area contributed by atoms with Gasteiger partial charge in [-0.15, -0.1) is 0 Å². The first kappa shape index (κ1) is 17.8. The number of amides is 1. The van der Waals surface area contributed by atoms with E-state index < -0.39 is 5.60 Å². The lowest BCUT2D eigenvalue weighted by Crippen LogP contribution is -2.47. The van der Waals surface area contributed by atoms with Crippen LogP contribution in [0.15, 0.2) is 0 Å². The third kappa shape index (κ3) is 7.33. The van der Waals surface area contributed by atoms with Crippen molar-refractivity contribution in [2.75, 3.05) is 0 Å². The van der Waals surface area contributed by atoms with Crippen molar-refractivity contribution in [2.45, 2.75) is 89.9 Å². The van der Waals surface area contributed by atoms with Gasteiger partial charge in [-0.2, -0.15) is 5.26 Å². The number of carbonyl (C=O) groups excluding carboxylic acids is 1. The molecule has 0 radical (unpaired) electrons. The van der Waals surface area contributed by atoms with Crippen LogP contribution in [0, 0.1) is 11.3 Å². The maximum atomic E-state index is 11.8. The number of nitrogens with zero attached hydrogens (tertiary/aromatic N) is 1. The monoisotopic (exact) mass is 295 g/mol. The third-order valence-corrected chi connectivity index (χ3v) is 3.70. The normalized spacial score (nSPS) is 24.0. The molecule has 5 nitrogen and oxygen atoms in total. The molecule has 1 fully saturated rings. The number of nitrogens with one attached hydrogen (secondary N) is 2. The minimum Gasteiger partial charge on any atom is -0.444 e. The van der Waals surface area contributed by atoms with Gasteiger partial charge in [0.25, 0.3) is 0 Å². The number of hydrogen-bond donors (Lipinski definition) is 2. The fraction of sp³-hybridized carbons (Fsp3) is 0.875. The van der Waals surface area contributed by atoms with Crippen molar-refractivity contribution in [1.29, 1.82) is 5.26 Å². The van der Waals surface area contributed by atoms with Gasteiger partial charge < -0.3 is 15.4 Å². The lowest BCUT2D eigenvalue weighted by atomic mass is 9.90. The second-order valence-corrected chi connectivity index (χ2v) is 6.84. The van der Waals surface area contributed by atoms with Crippen LogP contribution in [0.3, 0.4) is 0 Å². The van der Waals surface area contributed by atoms with E-state index in [2.05, 4.69) is 23.6 Å². The number of hydrogen-bond acceptors (Lipinski definition) is 4. The SMILES string of the molecule is CCC(CC#N)NC1CCCC(NC(=O)OC(C)(C)C)C1. The smallest absolute Gasteiger partial charge is 0.407 e. The fourth-order valence-electron chi connectivity index (χ4n) is 2.71. The van der Waals surface area contributed by atoms with E-state index in [1.54, 1.807) is 0 Å². The molecular formula is C16H29N3O2. The fourth-order valence-corrected chi connectivity index (χ4v) is 2.71. The van der Waals surface area contributed by atoms with E-state index in [4.69, 9.17) is 10.00 Å². The Labute approximate surface area is 128 Å². The number of nitriles is 1. The second-order valence-electron chi connectivity index (χ2n) is 6.84. The van der Waals surface area contributed by atoms with E-state index >= 15 is 0 Å². The summed E-state index contributed by atoms with van der Waals surface area (Å²) in [5.41, 5.74) is -0.462. The number of rotatable bonds is 5. The average molecular weight is 295 g/mol. The molecule has 0 bridgehead atoms. The van der Waals surface area contributed by atoms with E-state index in [1.165, 1.54) is 0 Å². The molecule has 0 aromatic carbocycles.